The Kier molecular flexibility index (Phi) is 9.11. The minimum atomic E-state index is -4.87. The van der Waals surface area contributed by atoms with E-state index in [0.29, 0.717) is 13.0 Å². The third-order valence-corrected chi connectivity index (χ3v) is 5.23. The molecule has 0 aliphatic rings. The van der Waals surface area contributed by atoms with Gasteiger partial charge in [-0.2, -0.15) is 0 Å². The lowest BCUT2D eigenvalue weighted by Gasteiger charge is -2.25. The fourth-order valence-corrected chi connectivity index (χ4v) is 3.53. The molecule has 2 atom stereocenters. The van der Waals surface area contributed by atoms with E-state index < -0.39 is 30.2 Å². The molecule has 0 spiro atoms. The Morgan fingerprint density at radius 2 is 1.63 bits per heavy atom. The molecule has 0 saturated carbocycles. The molecule has 3 N–H and O–H groups in total. The van der Waals surface area contributed by atoms with E-state index in [4.69, 9.17) is 4.74 Å². The number of alkyl halides is 3. The minimum absolute atomic E-state index is 0.0126. The number of aliphatic hydroxyl groups is 1. The van der Waals surface area contributed by atoms with Gasteiger partial charge in [0.05, 0.1) is 19.3 Å². The molecule has 0 radical (unpaired) electrons. The van der Waals surface area contributed by atoms with Gasteiger partial charge in [0.2, 0.25) is 0 Å². The fraction of sp³-hybridized carbons (Fsp3) is 0.269. The van der Waals surface area contributed by atoms with E-state index in [1.54, 1.807) is 7.11 Å². The molecule has 0 bridgehead atoms. The SMILES string of the molecule is COc1cccc(CNCC(O)C(Cc2ccccc2)NC(=O)c2cccc(OC(F)(F)F)c2)c1. The maximum Gasteiger partial charge on any atom is 0.573 e. The highest BCUT2D eigenvalue weighted by molar-refractivity contribution is 5.94. The van der Waals surface area contributed by atoms with Gasteiger partial charge in [0, 0.05) is 18.7 Å². The third-order valence-electron chi connectivity index (χ3n) is 5.23. The molecular weight excluding hydrogens is 461 g/mol. The summed E-state index contributed by atoms with van der Waals surface area (Å²) in [5.41, 5.74) is 1.84. The number of rotatable bonds is 11. The van der Waals surface area contributed by atoms with Crippen LogP contribution in [-0.2, 0) is 13.0 Å². The number of carbonyl (C=O) groups is 1. The average Bonchev–Trinajstić information content (AvgIpc) is 2.83. The molecule has 35 heavy (non-hydrogen) atoms. The largest absolute Gasteiger partial charge is 0.573 e. The summed E-state index contributed by atoms with van der Waals surface area (Å²) in [7, 11) is 1.58. The first-order valence-corrected chi connectivity index (χ1v) is 11.0. The van der Waals surface area contributed by atoms with Crippen molar-refractivity contribution in [1.29, 1.82) is 0 Å². The summed E-state index contributed by atoms with van der Waals surface area (Å²) < 4.78 is 46.8. The maximum atomic E-state index is 12.8. The van der Waals surface area contributed by atoms with Crippen LogP contribution in [0.25, 0.3) is 0 Å². The molecule has 6 nitrogen and oxygen atoms in total. The summed E-state index contributed by atoms with van der Waals surface area (Å²) >= 11 is 0. The van der Waals surface area contributed by atoms with E-state index >= 15 is 0 Å². The number of nitrogens with one attached hydrogen (secondary N) is 2. The van der Waals surface area contributed by atoms with Crippen LogP contribution < -0.4 is 20.1 Å². The monoisotopic (exact) mass is 488 g/mol. The molecule has 2 unspecified atom stereocenters. The first-order chi connectivity index (χ1) is 16.7. The smallest absolute Gasteiger partial charge is 0.497 e. The number of hydrogen-bond acceptors (Lipinski definition) is 5. The minimum Gasteiger partial charge on any atom is -0.497 e. The Labute approximate surface area is 201 Å². The Hall–Kier alpha value is -3.56. The van der Waals surface area contributed by atoms with E-state index in [1.807, 2.05) is 54.6 Å². The lowest BCUT2D eigenvalue weighted by atomic mass is 10.0. The van der Waals surface area contributed by atoms with E-state index in [-0.39, 0.29) is 12.1 Å². The van der Waals surface area contributed by atoms with Crippen molar-refractivity contribution in [3.63, 3.8) is 0 Å². The molecule has 0 aliphatic carbocycles. The first-order valence-electron chi connectivity index (χ1n) is 11.0. The number of methoxy groups -OCH3 is 1. The average molecular weight is 489 g/mol. The van der Waals surface area contributed by atoms with Crippen molar-refractivity contribution in [2.45, 2.75) is 31.5 Å². The number of hydrogen-bond donors (Lipinski definition) is 3. The van der Waals surface area contributed by atoms with Gasteiger partial charge < -0.3 is 25.2 Å². The van der Waals surface area contributed by atoms with Crippen LogP contribution >= 0.6 is 0 Å². The number of benzene rings is 3. The van der Waals surface area contributed by atoms with Gasteiger partial charge in [0.25, 0.3) is 5.91 Å². The third kappa shape index (κ3) is 8.62. The van der Waals surface area contributed by atoms with Crippen molar-refractivity contribution in [3.05, 3.63) is 95.6 Å². The van der Waals surface area contributed by atoms with Crippen LogP contribution in [-0.4, -0.2) is 43.2 Å². The number of aliphatic hydroxyl groups excluding tert-OH is 1. The van der Waals surface area contributed by atoms with Crippen LogP contribution in [0.2, 0.25) is 0 Å². The van der Waals surface area contributed by atoms with Gasteiger partial charge in [0.1, 0.15) is 11.5 Å². The highest BCUT2D eigenvalue weighted by atomic mass is 19.4. The van der Waals surface area contributed by atoms with Crippen LogP contribution in [0.4, 0.5) is 13.2 Å². The van der Waals surface area contributed by atoms with Gasteiger partial charge in [-0.1, -0.05) is 48.5 Å². The van der Waals surface area contributed by atoms with E-state index in [1.165, 1.54) is 12.1 Å². The van der Waals surface area contributed by atoms with Crippen molar-refractivity contribution in [3.8, 4) is 11.5 Å². The zero-order valence-electron chi connectivity index (χ0n) is 19.1. The van der Waals surface area contributed by atoms with Gasteiger partial charge in [-0.05, 0) is 47.9 Å². The van der Waals surface area contributed by atoms with Crippen LogP contribution in [0.5, 0.6) is 11.5 Å². The molecule has 0 aliphatic heterocycles. The molecule has 3 rings (SSSR count). The summed E-state index contributed by atoms with van der Waals surface area (Å²) in [4.78, 5) is 12.8. The topological polar surface area (TPSA) is 79.8 Å². The number of amides is 1. The molecule has 3 aromatic carbocycles. The molecule has 0 saturated heterocycles. The van der Waals surface area contributed by atoms with E-state index in [2.05, 4.69) is 15.4 Å². The molecule has 3 aromatic rings. The molecule has 0 aromatic heterocycles. The summed E-state index contributed by atoms with van der Waals surface area (Å²) in [5.74, 6) is -0.397. The number of ether oxygens (including phenoxy) is 2. The zero-order chi connectivity index (χ0) is 25.3. The normalized spacial score (nSPS) is 13.1. The van der Waals surface area contributed by atoms with Crippen molar-refractivity contribution in [1.82, 2.24) is 10.6 Å². The fourth-order valence-electron chi connectivity index (χ4n) is 3.53. The van der Waals surface area contributed by atoms with E-state index in [9.17, 15) is 23.1 Å². The van der Waals surface area contributed by atoms with Crippen molar-refractivity contribution in [2.75, 3.05) is 13.7 Å². The molecule has 0 fully saturated rings. The lowest BCUT2D eigenvalue weighted by molar-refractivity contribution is -0.274. The van der Waals surface area contributed by atoms with Crippen molar-refractivity contribution in [2.24, 2.45) is 0 Å². The number of carbonyl (C=O) groups excluding carboxylic acids is 1. The second-order valence-corrected chi connectivity index (χ2v) is 7.90. The van der Waals surface area contributed by atoms with Gasteiger partial charge >= 0.3 is 6.36 Å². The molecule has 9 heteroatoms. The summed E-state index contributed by atoms with van der Waals surface area (Å²) in [6, 6.07) is 20.9. The van der Waals surface area contributed by atoms with Gasteiger partial charge in [0.15, 0.2) is 0 Å². The maximum absolute atomic E-state index is 12.8. The standard InChI is InChI=1S/C26H27F3N2O4/c1-34-21-11-5-9-19(13-21)16-30-17-24(32)23(14-18-7-3-2-4-8-18)31-25(33)20-10-6-12-22(15-20)35-26(27,28)29/h2-13,15,23-24,30,32H,14,16-17H2,1H3,(H,31,33). The second kappa shape index (κ2) is 12.2. The van der Waals surface area contributed by atoms with Crippen molar-refractivity contribution >= 4 is 5.91 Å². The molecule has 1 amide bonds. The van der Waals surface area contributed by atoms with Crippen LogP contribution in [0.3, 0.4) is 0 Å². The predicted molar refractivity (Wildman–Crippen MR) is 125 cm³/mol. The van der Waals surface area contributed by atoms with E-state index in [0.717, 1.165) is 29.0 Å². The Balaban J connectivity index is 1.68. The van der Waals surface area contributed by atoms with Gasteiger partial charge in [-0.25, -0.2) is 0 Å². The van der Waals surface area contributed by atoms with Crippen molar-refractivity contribution < 1.29 is 32.5 Å². The number of halogens is 3. The summed E-state index contributed by atoms with van der Waals surface area (Å²) in [5, 5.41) is 16.8. The Bertz CT molecular complexity index is 1090. The van der Waals surface area contributed by atoms with Gasteiger partial charge in [-0.15, -0.1) is 13.2 Å². The molecule has 0 heterocycles. The summed E-state index contributed by atoms with van der Waals surface area (Å²) in [6.07, 6.45) is -5.51. The quantitative estimate of drug-likeness (QED) is 0.379. The lowest BCUT2D eigenvalue weighted by Crippen LogP contribution is -2.48. The van der Waals surface area contributed by atoms with Crippen LogP contribution in [0.1, 0.15) is 21.5 Å². The van der Waals surface area contributed by atoms with Crippen LogP contribution in [0, 0.1) is 0 Å². The second-order valence-electron chi connectivity index (χ2n) is 7.90. The zero-order valence-corrected chi connectivity index (χ0v) is 19.1. The van der Waals surface area contributed by atoms with Crippen LogP contribution in [0.15, 0.2) is 78.9 Å². The summed E-state index contributed by atoms with van der Waals surface area (Å²) in [6.45, 7) is 0.642. The molecular formula is C26H27F3N2O4. The van der Waals surface area contributed by atoms with Gasteiger partial charge in [-0.3, -0.25) is 4.79 Å². The first kappa shape index (κ1) is 26.1. The highest BCUT2D eigenvalue weighted by Gasteiger charge is 2.31. The predicted octanol–water partition coefficient (Wildman–Crippen LogP) is 4.09. The Morgan fingerprint density at radius 1 is 0.943 bits per heavy atom. The Morgan fingerprint density at radius 3 is 2.34 bits per heavy atom. The molecule has 186 valence electrons. The highest BCUT2D eigenvalue weighted by Crippen LogP contribution is 2.23.